The van der Waals surface area contributed by atoms with Gasteiger partial charge in [-0.25, -0.2) is 9.59 Å². The van der Waals surface area contributed by atoms with Gasteiger partial charge in [-0.05, 0) is 60.9 Å². The van der Waals surface area contributed by atoms with Crippen LogP contribution in [0.5, 0.6) is 0 Å². The highest BCUT2D eigenvalue weighted by molar-refractivity contribution is 5.76. The lowest BCUT2D eigenvalue weighted by Gasteiger charge is -2.33. The van der Waals surface area contributed by atoms with Crippen LogP contribution >= 0.6 is 0 Å². The molecule has 3 amide bonds. The van der Waals surface area contributed by atoms with Crippen LogP contribution in [0.4, 0.5) is 9.59 Å². The lowest BCUT2D eigenvalue weighted by Crippen LogP contribution is -2.87. The second-order valence-corrected chi connectivity index (χ2v) is 10.8. The number of quaternary nitrogens is 1. The third-order valence-electron chi connectivity index (χ3n) is 5.24. The highest BCUT2D eigenvalue weighted by Gasteiger charge is 2.27. The molecule has 34 heavy (non-hydrogen) atoms. The quantitative estimate of drug-likeness (QED) is 0.566. The average Bonchev–Trinajstić information content (AvgIpc) is 2.68. The molecule has 4 N–H and O–H groups in total. The van der Waals surface area contributed by atoms with Gasteiger partial charge in [0.2, 0.25) is 5.91 Å². The Hall–Kier alpha value is -2.07. The van der Waals surface area contributed by atoms with Gasteiger partial charge in [-0.3, -0.25) is 4.79 Å². The monoisotopic (exact) mass is 486 g/mol. The molecule has 0 radical (unpaired) electrons. The smallest absolute Gasteiger partial charge is 0.410 e. The summed E-state index contributed by atoms with van der Waals surface area (Å²) < 4.78 is 11.2. The molecule has 10 heteroatoms. The number of carbonyl (C=O) groups excluding carboxylic acids is 3. The molecule has 1 aliphatic heterocycles. The largest absolute Gasteiger partial charge is 0.444 e. The van der Waals surface area contributed by atoms with Crippen molar-refractivity contribution < 1.29 is 29.2 Å². The minimum absolute atomic E-state index is 0.0991. The van der Waals surface area contributed by atoms with E-state index in [0.29, 0.717) is 58.8 Å². The molecule has 0 aliphatic carbocycles. The van der Waals surface area contributed by atoms with E-state index >= 15 is 0 Å². The van der Waals surface area contributed by atoms with Crippen LogP contribution in [0.15, 0.2) is 0 Å². The standard InChI is InChI=1S/C24H47N5O5/c1-23(2,3)33-21(31)28-15-13-26-12-14-27(20(30)10-8-7-9-11-25)16-17-29(19-18-28)22(32)34-24(4,5)6/h26H,7-19,25H2,1-6H3/p+1. The normalized spacial score (nSPS) is 17.0. The number of ether oxygens (including phenoxy) is 2. The molecule has 0 spiro atoms. The fourth-order valence-electron chi connectivity index (χ4n) is 3.48. The Morgan fingerprint density at radius 1 is 0.706 bits per heavy atom. The van der Waals surface area contributed by atoms with Crippen LogP contribution in [0.25, 0.3) is 0 Å². The lowest BCUT2D eigenvalue weighted by molar-refractivity contribution is -0.653. The highest BCUT2D eigenvalue weighted by Crippen LogP contribution is 2.13. The first-order valence-electron chi connectivity index (χ1n) is 12.6. The second-order valence-electron chi connectivity index (χ2n) is 10.8. The predicted molar refractivity (Wildman–Crippen MR) is 131 cm³/mol. The van der Waals surface area contributed by atoms with Crippen LogP contribution < -0.4 is 11.1 Å². The molecular formula is C24H48N5O5+. The molecule has 198 valence electrons. The van der Waals surface area contributed by atoms with E-state index in [2.05, 4.69) is 5.32 Å². The zero-order valence-corrected chi connectivity index (χ0v) is 22.2. The van der Waals surface area contributed by atoms with Crippen molar-refractivity contribution in [2.45, 2.75) is 78.4 Å². The fourth-order valence-corrected chi connectivity index (χ4v) is 3.48. The third-order valence-corrected chi connectivity index (χ3v) is 5.24. The van der Waals surface area contributed by atoms with E-state index in [-0.39, 0.29) is 5.91 Å². The molecule has 0 aromatic heterocycles. The number of nitrogens with two attached hydrogens (primary N) is 2. The van der Waals surface area contributed by atoms with Crippen LogP contribution in [0.2, 0.25) is 0 Å². The fraction of sp³-hybridized carbons (Fsp3) is 0.875. The van der Waals surface area contributed by atoms with Gasteiger partial charge in [0, 0.05) is 32.6 Å². The zero-order valence-electron chi connectivity index (χ0n) is 22.2. The Morgan fingerprint density at radius 3 is 1.62 bits per heavy atom. The number of unbranched alkanes of at least 4 members (excludes halogenated alkanes) is 2. The van der Waals surface area contributed by atoms with Crippen molar-refractivity contribution in [1.29, 1.82) is 0 Å². The number of hydrogen-bond acceptors (Lipinski definition) is 6. The maximum absolute atomic E-state index is 12.9. The SMILES string of the molecule is CC(C)(C)OC(=O)N1CC[NH2+]CCN(C(=O)CCCCCN)CCN(C(=O)OC(C)(C)C)CC1. The summed E-state index contributed by atoms with van der Waals surface area (Å²) >= 11 is 0. The minimum Gasteiger partial charge on any atom is -0.444 e. The molecule has 0 bridgehead atoms. The molecule has 0 aromatic rings. The van der Waals surface area contributed by atoms with Gasteiger partial charge in [0.15, 0.2) is 0 Å². The first kappa shape index (κ1) is 30.0. The first-order chi connectivity index (χ1) is 15.8. The molecule has 0 aromatic carbocycles. The lowest BCUT2D eigenvalue weighted by atomic mass is 10.2. The van der Waals surface area contributed by atoms with E-state index < -0.39 is 23.4 Å². The van der Waals surface area contributed by atoms with Crippen molar-refractivity contribution in [3.8, 4) is 0 Å². The number of nitrogens with zero attached hydrogens (tertiary/aromatic N) is 3. The average molecular weight is 487 g/mol. The molecule has 1 fully saturated rings. The van der Waals surface area contributed by atoms with Crippen LogP contribution in [-0.4, -0.2) is 103 Å². The van der Waals surface area contributed by atoms with E-state index in [1.54, 1.807) is 9.80 Å². The van der Waals surface area contributed by atoms with Crippen LogP contribution in [0.1, 0.15) is 67.2 Å². The van der Waals surface area contributed by atoms with E-state index in [9.17, 15) is 14.4 Å². The molecular weight excluding hydrogens is 438 g/mol. The van der Waals surface area contributed by atoms with Crippen molar-refractivity contribution in [2.24, 2.45) is 5.73 Å². The molecule has 0 unspecified atom stereocenters. The second kappa shape index (κ2) is 14.4. The van der Waals surface area contributed by atoms with Gasteiger partial charge >= 0.3 is 12.2 Å². The summed E-state index contributed by atoms with van der Waals surface area (Å²) in [5, 5.41) is 2.11. The van der Waals surface area contributed by atoms with Gasteiger partial charge < -0.3 is 35.2 Å². The number of carbonyl (C=O) groups is 3. The van der Waals surface area contributed by atoms with Gasteiger partial charge in [0.1, 0.15) is 11.2 Å². The Morgan fingerprint density at radius 2 is 1.15 bits per heavy atom. The number of amides is 3. The summed E-state index contributed by atoms with van der Waals surface area (Å²) in [7, 11) is 0. The molecule has 0 saturated carbocycles. The van der Waals surface area contributed by atoms with Crippen LogP contribution in [0.3, 0.4) is 0 Å². The van der Waals surface area contributed by atoms with E-state index in [1.165, 1.54) is 0 Å². The third kappa shape index (κ3) is 13.0. The van der Waals surface area contributed by atoms with Crippen LogP contribution in [0, 0.1) is 0 Å². The summed E-state index contributed by atoms with van der Waals surface area (Å²) in [4.78, 5) is 43.5. The molecule has 1 heterocycles. The van der Waals surface area contributed by atoms with Crippen molar-refractivity contribution in [2.75, 3.05) is 58.9 Å². The Kier molecular flexibility index (Phi) is 12.7. The molecule has 10 nitrogen and oxygen atoms in total. The summed E-state index contributed by atoms with van der Waals surface area (Å²) in [6.45, 7) is 15.5. The van der Waals surface area contributed by atoms with E-state index in [4.69, 9.17) is 15.2 Å². The maximum atomic E-state index is 12.9. The van der Waals surface area contributed by atoms with Crippen molar-refractivity contribution in [3.05, 3.63) is 0 Å². The number of hydrogen-bond donors (Lipinski definition) is 2. The molecule has 1 aliphatic rings. The molecule has 1 saturated heterocycles. The summed E-state index contributed by atoms with van der Waals surface area (Å²) in [6.07, 6.45) is 2.32. The summed E-state index contributed by atoms with van der Waals surface area (Å²) in [6, 6.07) is 0. The van der Waals surface area contributed by atoms with Gasteiger partial charge in [-0.1, -0.05) is 6.42 Å². The van der Waals surface area contributed by atoms with Gasteiger partial charge in [-0.2, -0.15) is 0 Å². The van der Waals surface area contributed by atoms with Gasteiger partial charge in [0.05, 0.1) is 26.2 Å². The van der Waals surface area contributed by atoms with Crippen molar-refractivity contribution >= 4 is 18.1 Å². The zero-order chi connectivity index (χ0) is 25.8. The summed E-state index contributed by atoms with van der Waals surface area (Å²) in [5.41, 5.74) is 4.31. The molecule has 1 rings (SSSR count). The van der Waals surface area contributed by atoms with Crippen molar-refractivity contribution in [3.63, 3.8) is 0 Å². The number of rotatable bonds is 5. The minimum atomic E-state index is -0.640. The Balaban J connectivity index is 2.92. The van der Waals surface area contributed by atoms with Gasteiger partial charge in [-0.15, -0.1) is 0 Å². The topological polar surface area (TPSA) is 122 Å². The highest BCUT2D eigenvalue weighted by atomic mass is 16.6. The van der Waals surface area contributed by atoms with E-state index in [0.717, 1.165) is 25.8 Å². The Bertz CT molecular complexity index is 645. The molecule has 0 atom stereocenters. The summed E-state index contributed by atoms with van der Waals surface area (Å²) in [5.74, 6) is 0.0991. The van der Waals surface area contributed by atoms with Crippen LogP contribution in [-0.2, 0) is 14.3 Å². The predicted octanol–water partition coefficient (Wildman–Crippen LogP) is 1.39. The first-order valence-corrected chi connectivity index (χ1v) is 12.6. The van der Waals surface area contributed by atoms with E-state index in [1.807, 2.05) is 46.4 Å². The van der Waals surface area contributed by atoms with Crippen molar-refractivity contribution in [1.82, 2.24) is 14.7 Å². The maximum Gasteiger partial charge on any atom is 0.410 e. The Labute approximate surface area is 205 Å². The van der Waals surface area contributed by atoms with Gasteiger partial charge in [0.25, 0.3) is 0 Å².